The molecule has 0 radical (unpaired) electrons. The number of hydrogen-bond donors (Lipinski definition) is 1. The van der Waals surface area contributed by atoms with Gasteiger partial charge in [0.2, 0.25) is 0 Å². The van der Waals surface area contributed by atoms with Crippen molar-refractivity contribution in [2.24, 2.45) is 0 Å². The number of aromatic nitrogens is 3. The minimum Gasteiger partial charge on any atom is -0.316 e. The monoisotopic (exact) mass is 382 g/mol. The zero-order valence-corrected chi connectivity index (χ0v) is 15.3. The molecule has 1 N–H and O–H groups in total. The van der Waals surface area contributed by atoms with Gasteiger partial charge in [0.15, 0.2) is 0 Å². The average Bonchev–Trinajstić information content (AvgIpc) is 3.16. The van der Waals surface area contributed by atoms with Crippen LogP contribution in [0.5, 0.6) is 0 Å². The maximum Gasteiger partial charge on any atom is 0.138 e. The number of rotatable bonds is 5. The Morgan fingerprint density at radius 1 is 0.923 bits per heavy atom. The highest BCUT2D eigenvalue weighted by Crippen LogP contribution is 2.30. The van der Waals surface area contributed by atoms with E-state index in [2.05, 4.69) is 52.0 Å². The van der Waals surface area contributed by atoms with Crippen LogP contribution in [-0.4, -0.2) is 14.9 Å². The summed E-state index contributed by atoms with van der Waals surface area (Å²) >= 11 is 12.5. The van der Waals surface area contributed by atoms with Crippen LogP contribution in [0.2, 0.25) is 10.0 Å². The van der Waals surface area contributed by atoms with Crippen molar-refractivity contribution < 1.29 is 0 Å². The van der Waals surface area contributed by atoms with Gasteiger partial charge in [-0.2, -0.15) is 0 Å². The molecule has 4 rings (SSSR count). The zero-order chi connectivity index (χ0) is 17.9. The summed E-state index contributed by atoms with van der Waals surface area (Å²) in [6.07, 6.45) is 3.98. The van der Waals surface area contributed by atoms with Crippen LogP contribution in [0, 0.1) is 0 Å². The molecular formula is C20H16Cl2N4. The second kappa shape index (κ2) is 7.36. The van der Waals surface area contributed by atoms with Gasteiger partial charge in [-0.25, -0.2) is 4.68 Å². The highest BCUT2D eigenvalue weighted by Gasteiger charge is 2.17. The van der Waals surface area contributed by atoms with E-state index in [0.717, 1.165) is 5.56 Å². The second-order valence-corrected chi connectivity index (χ2v) is 6.90. The van der Waals surface area contributed by atoms with Crippen molar-refractivity contribution in [3.8, 4) is 0 Å². The van der Waals surface area contributed by atoms with E-state index in [1.807, 2.05) is 18.2 Å². The average molecular weight is 383 g/mol. The Morgan fingerprint density at radius 2 is 1.69 bits per heavy atom. The van der Waals surface area contributed by atoms with Gasteiger partial charge in [0.05, 0.1) is 6.04 Å². The summed E-state index contributed by atoms with van der Waals surface area (Å²) in [5.41, 5.74) is 5.66. The van der Waals surface area contributed by atoms with Crippen LogP contribution in [0.1, 0.15) is 17.2 Å². The van der Waals surface area contributed by atoms with Crippen molar-refractivity contribution in [2.45, 2.75) is 12.5 Å². The topological polar surface area (TPSA) is 42.7 Å². The Kier molecular flexibility index (Phi) is 4.78. The highest BCUT2D eigenvalue weighted by atomic mass is 35.5. The van der Waals surface area contributed by atoms with Crippen LogP contribution in [0.25, 0.3) is 10.8 Å². The lowest BCUT2D eigenvalue weighted by Crippen LogP contribution is -2.22. The molecule has 6 heteroatoms. The van der Waals surface area contributed by atoms with E-state index in [9.17, 15) is 0 Å². The van der Waals surface area contributed by atoms with Gasteiger partial charge in [-0.15, -0.1) is 10.2 Å². The van der Waals surface area contributed by atoms with Crippen LogP contribution in [0.4, 0.5) is 0 Å². The van der Waals surface area contributed by atoms with E-state index in [1.165, 1.54) is 16.3 Å². The number of hydrogen-bond acceptors (Lipinski definition) is 3. The summed E-state index contributed by atoms with van der Waals surface area (Å²) < 4.78 is 1.76. The van der Waals surface area contributed by atoms with Gasteiger partial charge < -0.3 is 5.43 Å². The number of nitrogens with zero attached hydrogens (tertiary/aromatic N) is 3. The molecule has 0 saturated heterocycles. The number of nitrogens with one attached hydrogen (secondary N) is 1. The van der Waals surface area contributed by atoms with Crippen LogP contribution >= 0.6 is 23.2 Å². The number of fused-ring (bicyclic) bond motifs is 1. The molecule has 0 bridgehead atoms. The molecule has 130 valence electrons. The summed E-state index contributed by atoms with van der Waals surface area (Å²) in [6.45, 7) is 0. The molecule has 0 fully saturated rings. The lowest BCUT2D eigenvalue weighted by atomic mass is 9.94. The van der Waals surface area contributed by atoms with Gasteiger partial charge >= 0.3 is 0 Å². The SMILES string of the molecule is Clc1ccc(CC(Nn2cnnc2)c2cccc3ccccc23)c(Cl)c1. The Hall–Kier alpha value is -2.56. The smallest absolute Gasteiger partial charge is 0.138 e. The third kappa shape index (κ3) is 3.52. The molecule has 0 spiro atoms. The Labute approximate surface area is 161 Å². The minimum absolute atomic E-state index is 0.0178. The summed E-state index contributed by atoms with van der Waals surface area (Å²) in [5, 5.41) is 11.4. The summed E-state index contributed by atoms with van der Waals surface area (Å²) in [6, 6.07) is 20.3. The van der Waals surface area contributed by atoms with E-state index in [-0.39, 0.29) is 6.04 Å². The van der Waals surface area contributed by atoms with E-state index in [4.69, 9.17) is 23.2 Å². The molecule has 0 amide bonds. The zero-order valence-electron chi connectivity index (χ0n) is 13.8. The van der Waals surface area contributed by atoms with Crippen LogP contribution in [0.15, 0.2) is 73.3 Å². The second-order valence-electron chi connectivity index (χ2n) is 6.06. The van der Waals surface area contributed by atoms with Gasteiger partial charge in [0, 0.05) is 10.0 Å². The third-order valence-corrected chi connectivity index (χ3v) is 4.95. The molecule has 26 heavy (non-hydrogen) atoms. The molecule has 1 atom stereocenters. The van der Waals surface area contributed by atoms with Gasteiger partial charge in [-0.05, 0) is 40.5 Å². The largest absolute Gasteiger partial charge is 0.316 e. The van der Waals surface area contributed by atoms with E-state index >= 15 is 0 Å². The maximum atomic E-state index is 6.42. The predicted molar refractivity (Wildman–Crippen MR) is 106 cm³/mol. The normalized spacial score (nSPS) is 12.2. The molecule has 0 aliphatic carbocycles. The van der Waals surface area contributed by atoms with Gasteiger partial charge in [0.25, 0.3) is 0 Å². The Morgan fingerprint density at radius 3 is 2.50 bits per heavy atom. The summed E-state index contributed by atoms with van der Waals surface area (Å²) in [5.74, 6) is 0. The Bertz CT molecular complexity index is 1030. The lowest BCUT2D eigenvalue weighted by molar-refractivity contribution is 0.670. The van der Waals surface area contributed by atoms with Crippen molar-refractivity contribution in [1.82, 2.24) is 14.9 Å². The quantitative estimate of drug-likeness (QED) is 0.511. The maximum absolute atomic E-state index is 6.42. The van der Waals surface area contributed by atoms with E-state index in [1.54, 1.807) is 23.4 Å². The van der Waals surface area contributed by atoms with Crippen LogP contribution in [0.3, 0.4) is 0 Å². The van der Waals surface area contributed by atoms with Crippen molar-refractivity contribution in [2.75, 3.05) is 5.43 Å². The summed E-state index contributed by atoms with van der Waals surface area (Å²) in [4.78, 5) is 0. The fourth-order valence-electron chi connectivity index (χ4n) is 3.13. The first kappa shape index (κ1) is 16.9. The number of benzene rings is 3. The first-order valence-corrected chi connectivity index (χ1v) is 8.99. The molecule has 1 aromatic heterocycles. The molecule has 3 aromatic carbocycles. The van der Waals surface area contributed by atoms with Crippen molar-refractivity contribution in [1.29, 1.82) is 0 Å². The van der Waals surface area contributed by atoms with Gasteiger partial charge in [-0.3, -0.25) is 0 Å². The number of halogens is 2. The highest BCUT2D eigenvalue weighted by molar-refractivity contribution is 6.35. The first-order chi connectivity index (χ1) is 12.7. The molecule has 0 aliphatic rings. The summed E-state index contributed by atoms with van der Waals surface area (Å²) in [7, 11) is 0. The van der Waals surface area contributed by atoms with E-state index < -0.39 is 0 Å². The van der Waals surface area contributed by atoms with E-state index in [0.29, 0.717) is 16.5 Å². The molecule has 0 saturated carbocycles. The Balaban J connectivity index is 1.77. The predicted octanol–water partition coefficient (Wildman–Crippen LogP) is 5.27. The molecule has 4 aromatic rings. The molecule has 0 aliphatic heterocycles. The van der Waals surface area contributed by atoms with Crippen molar-refractivity contribution in [3.63, 3.8) is 0 Å². The third-order valence-electron chi connectivity index (χ3n) is 4.36. The molecule has 1 unspecified atom stereocenters. The molecule has 1 heterocycles. The van der Waals surface area contributed by atoms with Gasteiger partial charge in [0.1, 0.15) is 12.7 Å². The standard InChI is InChI=1S/C20H16Cl2N4/c21-16-9-8-15(19(22)11-16)10-20(25-26-12-23-24-13-26)18-7-3-5-14-4-1-2-6-17(14)18/h1-9,11-13,20,25H,10H2. The molecular weight excluding hydrogens is 367 g/mol. The fraction of sp³-hybridized carbons (Fsp3) is 0.100. The van der Waals surface area contributed by atoms with Crippen LogP contribution in [-0.2, 0) is 6.42 Å². The van der Waals surface area contributed by atoms with Gasteiger partial charge in [-0.1, -0.05) is 71.7 Å². The lowest BCUT2D eigenvalue weighted by Gasteiger charge is -2.22. The van der Waals surface area contributed by atoms with Crippen molar-refractivity contribution >= 4 is 34.0 Å². The fourth-order valence-corrected chi connectivity index (χ4v) is 3.62. The first-order valence-electron chi connectivity index (χ1n) is 8.23. The van der Waals surface area contributed by atoms with Crippen molar-refractivity contribution in [3.05, 3.63) is 94.5 Å². The minimum atomic E-state index is -0.0178. The molecule has 4 nitrogen and oxygen atoms in total. The van der Waals surface area contributed by atoms with Crippen LogP contribution < -0.4 is 5.43 Å².